The summed E-state index contributed by atoms with van der Waals surface area (Å²) >= 11 is 0. The molecule has 5 N–H and O–H groups in total. The van der Waals surface area contributed by atoms with Crippen LogP contribution in [0.3, 0.4) is 0 Å². The van der Waals surface area contributed by atoms with Crippen molar-refractivity contribution in [2.45, 2.75) is 25.0 Å². The fourth-order valence-corrected chi connectivity index (χ4v) is 3.95. The van der Waals surface area contributed by atoms with Crippen molar-refractivity contribution in [1.29, 1.82) is 5.41 Å². The molecule has 2 atom stereocenters. The van der Waals surface area contributed by atoms with Gasteiger partial charge in [-0.05, 0) is 28.5 Å². The van der Waals surface area contributed by atoms with Crippen molar-refractivity contribution in [3.8, 4) is 0 Å². The smallest absolute Gasteiger partial charge is 0.330 e. The van der Waals surface area contributed by atoms with Crippen molar-refractivity contribution in [2.24, 2.45) is 10.9 Å². The zero-order valence-electron chi connectivity index (χ0n) is 20.2. The van der Waals surface area contributed by atoms with Gasteiger partial charge in [0.2, 0.25) is 5.91 Å². The standard InChI is InChI=1S/C27H27N5O5/c1-36-27(35)23(31-26(34)20-11-6-16-4-2-3-5-19(16)12-20)15-30-24(33)14-21-13-22(32-37-21)17-7-9-18(10-8-17)25(28)29/h2-12,21,23H,13-15H2,1H3,(H3,28,29)(H,30,33)(H,31,34)/t21?,23-/m0/s1. The van der Waals surface area contributed by atoms with Crippen LogP contribution in [0.15, 0.2) is 71.9 Å². The number of benzene rings is 3. The predicted octanol–water partition coefficient (Wildman–Crippen LogP) is 2.09. The molecule has 3 aromatic rings. The molecule has 0 aromatic heterocycles. The Morgan fingerprint density at radius 3 is 2.49 bits per heavy atom. The molecule has 0 spiro atoms. The molecule has 10 heteroatoms. The van der Waals surface area contributed by atoms with Gasteiger partial charge in [-0.25, -0.2) is 4.79 Å². The van der Waals surface area contributed by atoms with Crippen molar-refractivity contribution >= 4 is 40.1 Å². The molecule has 1 heterocycles. The molecule has 0 fully saturated rings. The SMILES string of the molecule is COC(=O)[C@H](CNC(=O)CC1CC(c2ccc(C(=N)N)cc2)=NO1)NC(=O)c1ccc2ccccc2c1. The lowest BCUT2D eigenvalue weighted by atomic mass is 10.0. The number of hydrogen-bond donors (Lipinski definition) is 4. The molecule has 1 unspecified atom stereocenters. The van der Waals surface area contributed by atoms with E-state index in [1.54, 1.807) is 36.4 Å². The Bertz CT molecular complexity index is 1370. The van der Waals surface area contributed by atoms with Gasteiger partial charge >= 0.3 is 5.97 Å². The molecule has 37 heavy (non-hydrogen) atoms. The number of carbonyl (C=O) groups excluding carboxylic acids is 3. The number of fused-ring (bicyclic) bond motifs is 1. The minimum absolute atomic E-state index is 0.0189. The lowest BCUT2D eigenvalue weighted by molar-refractivity contribution is -0.142. The number of esters is 1. The number of nitrogens with one attached hydrogen (secondary N) is 3. The van der Waals surface area contributed by atoms with Gasteiger partial charge in [-0.1, -0.05) is 59.8 Å². The zero-order chi connectivity index (χ0) is 26.4. The van der Waals surface area contributed by atoms with Crippen molar-refractivity contribution < 1.29 is 24.0 Å². The highest BCUT2D eigenvalue weighted by molar-refractivity contribution is 6.03. The van der Waals surface area contributed by atoms with Crippen LogP contribution in [0.25, 0.3) is 10.8 Å². The molecular weight excluding hydrogens is 474 g/mol. The van der Waals surface area contributed by atoms with E-state index in [-0.39, 0.29) is 24.7 Å². The summed E-state index contributed by atoms with van der Waals surface area (Å²) in [5, 5.41) is 18.7. The molecule has 1 aliphatic rings. The number of methoxy groups -OCH3 is 1. The van der Waals surface area contributed by atoms with Crippen LogP contribution < -0.4 is 16.4 Å². The third-order valence-electron chi connectivity index (χ3n) is 5.98. The second kappa shape index (κ2) is 11.3. The quantitative estimate of drug-likeness (QED) is 0.200. The summed E-state index contributed by atoms with van der Waals surface area (Å²) < 4.78 is 4.80. The van der Waals surface area contributed by atoms with Crippen LogP contribution in [-0.4, -0.2) is 55.1 Å². The summed E-state index contributed by atoms with van der Waals surface area (Å²) in [6, 6.07) is 18.8. The molecule has 0 bridgehead atoms. The van der Waals surface area contributed by atoms with E-state index < -0.39 is 24.0 Å². The van der Waals surface area contributed by atoms with Gasteiger partial charge in [0, 0.05) is 24.1 Å². The Morgan fingerprint density at radius 1 is 1.08 bits per heavy atom. The number of ether oxygens (including phenoxy) is 1. The molecule has 0 saturated carbocycles. The zero-order valence-corrected chi connectivity index (χ0v) is 20.2. The summed E-state index contributed by atoms with van der Waals surface area (Å²) in [6.45, 7) is -0.141. The molecule has 10 nitrogen and oxygen atoms in total. The van der Waals surface area contributed by atoms with Crippen LogP contribution in [0, 0.1) is 5.41 Å². The number of hydrogen-bond acceptors (Lipinski definition) is 7. The van der Waals surface area contributed by atoms with Gasteiger partial charge in [0.05, 0.1) is 19.2 Å². The second-order valence-corrected chi connectivity index (χ2v) is 8.58. The Balaban J connectivity index is 1.30. The summed E-state index contributed by atoms with van der Waals surface area (Å²) in [5.41, 5.74) is 7.97. The second-order valence-electron chi connectivity index (χ2n) is 8.58. The highest BCUT2D eigenvalue weighted by atomic mass is 16.6. The fraction of sp³-hybridized carbons (Fsp3) is 0.222. The van der Waals surface area contributed by atoms with Crippen LogP contribution >= 0.6 is 0 Å². The number of nitrogens with two attached hydrogens (primary N) is 1. The molecule has 0 radical (unpaired) electrons. The Morgan fingerprint density at radius 2 is 1.78 bits per heavy atom. The molecule has 1 aliphatic heterocycles. The first-order valence-electron chi connectivity index (χ1n) is 11.7. The fourth-order valence-electron chi connectivity index (χ4n) is 3.95. The van der Waals surface area contributed by atoms with Crippen LogP contribution in [-0.2, 0) is 19.2 Å². The normalized spacial score (nSPS) is 15.3. The van der Waals surface area contributed by atoms with E-state index in [2.05, 4.69) is 15.8 Å². The number of nitrogen functional groups attached to an aromatic ring is 1. The number of amidine groups is 1. The number of carbonyl (C=O) groups is 3. The average Bonchev–Trinajstić information content (AvgIpc) is 3.38. The summed E-state index contributed by atoms with van der Waals surface area (Å²) in [6.07, 6.45) is -0.0250. The van der Waals surface area contributed by atoms with Crippen LogP contribution in [0.4, 0.5) is 0 Å². The minimum Gasteiger partial charge on any atom is -0.467 e. The summed E-state index contributed by atoms with van der Waals surface area (Å²) in [7, 11) is 1.22. The van der Waals surface area contributed by atoms with E-state index in [1.165, 1.54) is 7.11 Å². The van der Waals surface area contributed by atoms with E-state index in [0.717, 1.165) is 16.3 Å². The van der Waals surface area contributed by atoms with Gasteiger partial charge in [0.1, 0.15) is 18.0 Å². The highest BCUT2D eigenvalue weighted by Crippen LogP contribution is 2.20. The third kappa shape index (κ3) is 6.29. The van der Waals surface area contributed by atoms with Crippen LogP contribution in [0.5, 0.6) is 0 Å². The van der Waals surface area contributed by atoms with E-state index in [1.807, 2.05) is 30.3 Å². The molecular formula is C27H27N5O5. The predicted molar refractivity (Wildman–Crippen MR) is 138 cm³/mol. The van der Waals surface area contributed by atoms with Crippen LogP contribution in [0.2, 0.25) is 0 Å². The largest absolute Gasteiger partial charge is 0.467 e. The Hall–Kier alpha value is -4.73. The first-order chi connectivity index (χ1) is 17.8. The lowest BCUT2D eigenvalue weighted by Gasteiger charge is -2.18. The topological polar surface area (TPSA) is 156 Å². The monoisotopic (exact) mass is 501 g/mol. The number of oxime groups is 1. The first kappa shape index (κ1) is 25.4. The molecule has 0 aliphatic carbocycles. The van der Waals surface area contributed by atoms with Gasteiger partial charge < -0.3 is 25.9 Å². The number of nitrogens with zero attached hydrogens (tertiary/aromatic N) is 1. The number of rotatable bonds is 9. The van der Waals surface area contributed by atoms with E-state index in [9.17, 15) is 14.4 Å². The summed E-state index contributed by atoms with van der Waals surface area (Å²) in [5.74, 6) is -1.51. The first-order valence-corrected chi connectivity index (χ1v) is 11.7. The Labute approximate surface area is 213 Å². The van der Waals surface area contributed by atoms with Crippen molar-refractivity contribution in [3.63, 3.8) is 0 Å². The maximum atomic E-state index is 12.8. The van der Waals surface area contributed by atoms with Gasteiger partial charge in [0.25, 0.3) is 5.91 Å². The molecule has 190 valence electrons. The van der Waals surface area contributed by atoms with Gasteiger partial charge in [0.15, 0.2) is 0 Å². The minimum atomic E-state index is -1.07. The van der Waals surface area contributed by atoms with Crippen molar-refractivity contribution in [1.82, 2.24) is 10.6 Å². The van der Waals surface area contributed by atoms with Gasteiger partial charge in [-0.2, -0.15) is 0 Å². The van der Waals surface area contributed by atoms with Gasteiger partial charge in [-0.15, -0.1) is 0 Å². The van der Waals surface area contributed by atoms with E-state index >= 15 is 0 Å². The lowest BCUT2D eigenvalue weighted by Crippen LogP contribution is -2.49. The summed E-state index contributed by atoms with van der Waals surface area (Å²) in [4.78, 5) is 43.0. The molecule has 0 saturated heterocycles. The van der Waals surface area contributed by atoms with Gasteiger partial charge in [-0.3, -0.25) is 15.0 Å². The molecule has 4 rings (SSSR count). The highest BCUT2D eigenvalue weighted by Gasteiger charge is 2.27. The molecule has 2 amide bonds. The van der Waals surface area contributed by atoms with E-state index in [4.69, 9.17) is 20.7 Å². The maximum absolute atomic E-state index is 12.8. The van der Waals surface area contributed by atoms with Crippen molar-refractivity contribution in [3.05, 3.63) is 83.4 Å². The molecule has 3 aromatic carbocycles. The van der Waals surface area contributed by atoms with E-state index in [0.29, 0.717) is 23.3 Å². The Kier molecular flexibility index (Phi) is 7.77. The van der Waals surface area contributed by atoms with Crippen molar-refractivity contribution in [2.75, 3.05) is 13.7 Å². The number of amides is 2. The van der Waals surface area contributed by atoms with Crippen LogP contribution in [0.1, 0.15) is 34.3 Å². The maximum Gasteiger partial charge on any atom is 0.330 e. The average molecular weight is 502 g/mol. The third-order valence-corrected chi connectivity index (χ3v) is 5.98.